The van der Waals surface area contributed by atoms with E-state index in [1.54, 1.807) is 17.0 Å². The molecule has 3 nitrogen and oxygen atoms in total. The molecule has 72 valence electrons. The van der Waals surface area contributed by atoms with Gasteiger partial charge in [0.05, 0.1) is 16.9 Å². The van der Waals surface area contributed by atoms with Crippen LogP contribution in [0.15, 0.2) is 18.9 Å². The van der Waals surface area contributed by atoms with E-state index in [9.17, 15) is 5.11 Å². The van der Waals surface area contributed by atoms with Crippen LogP contribution in [0.2, 0.25) is 5.02 Å². The predicted molar refractivity (Wildman–Crippen MR) is 52.7 cm³/mol. The molecule has 0 aliphatic rings. The number of aromatic nitrogens is 2. The first kappa shape index (κ1) is 10.3. The Bertz CT molecular complexity index is 296. The fourth-order valence-electron chi connectivity index (χ4n) is 1.22. The summed E-state index contributed by atoms with van der Waals surface area (Å²) in [5.74, 6) is 0. The predicted octanol–water partition coefficient (Wildman–Crippen LogP) is 2.17. The van der Waals surface area contributed by atoms with E-state index >= 15 is 0 Å². The standard InChI is InChI=1S/C9H13ClN2O/c1-3-5-8(13)9-7(10)6-11-12(9)4-2/h3,6,8,13H,1,4-5H2,2H3. The number of aryl methyl sites for hydroxylation is 1. The highest BCUT2D eigenvalue weighted by atomic mass is 35.5. The van der Waals surface area contributed by atoms with Crippen molar-refractivity contribution in [3.05, 3.63) is 29.6 Å². The number of aliphatic hydroxyl groups excluding tert-OH is 1. The molecule has 0 aliphatic heterocycles. The average Bonchev–Trinajstić information content (AvgIpc) is 2.47. The zero-order chi connectivity index (χ0) is 9.84. The summed E-state index contributed by atoms with van der Waals surface area (Å²) in [6, 6.07) is 0. The van der Waals surface area contributed by atoms with E-state index in [1.165, 1.54) is 0 Å². The Kier molecular flexibility index (Phi) is 3.51. The first-order valence-electron chi connectivity index (χ1n) is 4.20. The summed E-state index contributed by atoms with van der Waals surface area (Å²) in [4.78, 5) is 0. The van der Waals surface area contributed by atoms with Crippen LogP contribution in [0.25, 0.3) is 0 Å². The molecule has 0 amide bonds. The minimum atomic E-state index is -0.604. The van der Waals surface area contributed by atoms with Gasteiger partial charge in [-0.05, 0) is 13.3 Å². The molecular formula is C9H13ClN2O. The smallest absolute Gasteiger partial charge is 0.101 e. The molecule has 0 radical (unpaired) electrons. The second kappa shape index (κ2) is 4.44. The number of halogens is 1. The van der Waals surface area contributed by atoms with Crippen molar-refractivity contribution in [1.29, 1.82) is 0 Å². The van der Waals surface area contributed by atoms with E-state index < -0.39 is 6.10 Å². The first-order chi connectivity index (χ1) is 6.20. The topological polar surface area (TPSA) is 38.1 Å². The summed E-state index contributed by atoms with van der Waals surface area (Å²) in [6.07, 6.45) is 3.10. The fourth-order valence-corrected chi connectivity index (χ4v) is 1.49. The van der Waals surface area contributed by atoms with Crippen molar-refractivity contribution in [2.45, 2.75) is 26.0 Å². The largest absolute Gasteiger partial charge is 0.386 e. The van der Waals surface area contributed by atoms with E-state index in [0.29, 0.717) is 23.7 Å². The van der Waals surface area contributed by atoms with Crippen molar-refractivity contribution in [3.63, 3.8) is 0 Å². The van der Waals surface area contributed by atoms with Gasteiger partial charge in [0.25, 0.3) is 0 Å². The lowest BCUT2D eigenvalue weighted by Gasteiger charge is -2.10. The van der Waals surface area contributed by atoms with Gasteiger partial charge in [-0.3, -0.25) is 4.68 Å². The van der Waals surface area contributed by atoms with Gasteiger partial charge in [0, 0.05) is 6.54 Å². The summed E-state index contributed by atoms with van der Waals surface area (Å²) in [5, 5.41) is 14.2. The van der Waals surface area contributed by atoms with Crippen molar-refractivity contribution in [1.82, 2.24) is 9.78 Å². The average molecular weight is 201 g/mol. The molecule has 0 fully saturated rings. The van der Waals surface area contributed by atoms with Gasteiger partial charge >= 0.3 is 0 Å². The third kappa shape index (κ3) is 2.11. The molecule has 1 N–H and O–H groups in total. The van der Waals surface area contributed by atoms with Crippen molar-refractivity contribution < 1.29 is 5.11 Å². The number of aliphatic hydroxyl groups is 1. The third-order valence-electron chi connectivity index (χ3n) is 1.84. The van der Waals surface area contributed by atoms with Crippen LogP contribution in [0.1, 0.15) is 25.1 Å². The summed E-state index contributed by atoms with van der Waals surface area (Å²) in [5.41, 5.74) is 0.670. The minimum absolute atomic E-state index is 0.491. The van der Waals surface area contributed by atoms with Crippen molar-refractivity contribution >= 4 is 11.6 Å². The van der Waals surface area contributed by atoms with Gasteiger partial charge in [0.1, 0.15) is 6.10 Å². The molecule has 1 aromatic heterocycles. The maximum atomic E-state index is 9.69. The monoisotopic (exact) mass is 200 g/mol. The van der Waals surface area contributed by atoms with Gasteiger partial charge in [-0.1, -0.05) is 17.7 Å². The van der Waals surface area contributed by atoms with E-state index in [4.69, 9.17) is 11.6 Å². The maximum absolute atomic E-state index is 9.69. The van der Waals surface area contributed by atoms with Crippen LogP contribution in [-0.2, 0) is 6.54 Å². The molecule has 0 aromatic carbocycles. The van der Waals surface area contributed by atoms with Crippen LogP contribution in [0.3, 0.4) is 0 Å². The van der Waals surface area contributed by atoms with Crippen LogP contribution in [-0.4, -0.2) is 14.9 Å². The molecule has 13 heavy (non-hydrogen) atoms. The summed E-state index contributed by atoms with van der Waals surface area (Å²) >= 11 is 5.88. The molecular weight excluding hydrogens is 188 g/mol. The molecule has 0 spiro atoms. The molecule has 0 aliphatic carbocycles. The maximum Gasteiger partial charge on any atom is 0.101 e. The van der Waals surface area contributed by atoms with Gasteiger partial charge in [-0.2, -0.15) is 5.10 Å². The van der Waals surface area contributed by atoms with E-state index in [-0.39, 0.29) is 0 Å². The molecule has 1 atom stereocenters. The molecule has 0 bridgehead atoms. The quantitative estimate of drug-likeness (QED) is 0.757. The van der Waals surface area contributed by atoms with Crippen LogP contribution in [0, 0.1) is 0 Å². The highest BCUT2D eigenvalue weighted by Crippen LogP contribution is 2.24. The molecule has 1 unspecified atom stereocenters. The van der Waals surface area contributed by atoms with Gasteiger partial charge in [-0.25, -0.2) is 0 Å². The second-order valence-corrected chi connectivity index (χ2v) is 3.14. The second-order valence-electron chi connectivity index (χ2n) is 2.73. The fraction of sp³-hybridized carbons (Fsp3) is 0.444. The highest BCUT2D eigenvalue weighted by Gasteiger charge is 2.15. The molecule has 1 heterocycles. The van der Waals surface area contributed by atoms with Gasteiger partial charge in [-0.15, -0.1) is 6.58 Å². The van der Waals surface area contributed by atoms with Crippen molar-refractivity contribution in [3.8, 4) is 0 Å². The van der Waals surface area contributed by atoms with Crippen molar-refractivity contribution in [2.75, 3.05) is 0 Å². The lowest BCUT2D eigenvalue weighted by atomic mass is 10.2. The minimum Gasteiger partial charge on any atom is -0.386 e. The normalized spacial score (nSPS) is 12.8. The molecule has 1 rings (SSSR count). The highest BCUT2D eigenvalue weighted by molar-refractivity contribution is 6.31. The zero-order valence-electron chi connectivity index (χ0n) is 7.57. The molecule has 0 saturated heterocycles. The summed E-state index contributed by atoms with van der Waals surface area (Å²) in [7, 11) is 0. The first-order valence-corrected chi connectivity index (χ1v) is 4.58. The Balaban J connectivity index is 2.95. The third-order valence-corrected chi connectivity index (χ3v) is 2.13. The number of hydrogen-bond donors (Lipinski definition) is 1. The SMILES string of the molecule is C=CCC(O)c1c(Cl)cnn1CC. The van der Waals surface area contributed by atoms with Gasteiger partial charge in [0.15, 0.2) is 0 Å². The number of rotatable bonds is 4. The Labute approximate surface area is 82.6 Å². The van der Waals surface area contributed by atoms with Gasteiger partial charge < -0.3 is 5.11 Å². The van der Waals surface area contributed by atoms with Crippen LogP contribution in [0.4, 0.5) is 0 Å². The van der Waals surface area contributed by atoms with Crippen molar-refractivity contribution in [2.24, 2.45) is 0 Å². The lowest BCUT2D eigenvalue weighted by Crippen LogP contribution is -2.07. The molecule has 4 heteroatoms. The Hall–Kier alpha value is -0.800. The Morgan fingerprint density at radius 3 is 3.08 bits per heavy atom. The van der Waals surface area contributed by atoms with E-state index in [2.05, 4.69) is 11.7 Å². The van der Waals surface area contributed by atoms with Crippen LogP contribution in [0.5, 0.6) is 0 Å². The molecule has 0 saturated carbocycles. The Morgan fingerprint density at radius 1 is 1.85 bits per heavy atom. The summed E-state index contributed by atoms with van der Waals surface area (Å²) < 4.78 is 1.69. The summed E-state index contributed by atoms with van der Waals surface area (Å²) in [6.45, 7) is 6.22. The van der Waals surface area contributed by atoms with E-state index in [1.807, 2.05) is 6.92 Å². The van der Waals surface area contributed by atoms with Crippen LogP contribution >= 0.6 is 11.6 Å². The van der Waals surface area contributed by atoms with E-state index in [0.717, 1.165) is 0 Å². The Morgan fingerprint density at radius 2 is 2.54 bits per heavy atom. The van der Waals surface area contributed by atoms with Crippen LogP contribution < -0.4 is 0 Å². The number of hydrogen-bond acceptors (Lipinski definition) is 2. The zero-order valence-corrected chi connectivity index (χ0v) is 8.33. The molecule has 1 aromatic rings. The lowest BCUT2D eigenvalue weighted by molar-refractivity contribution is 0.170. The van der Waals surface area contributed by atoms with Gasteiger partial charge in [0.2, 0.25) is 0 Å². The number of nitrogens with zero attached hydrogens (tertiary/aromatic N) is 2.